The van der Waals surface area contributed by atoms with E-state index in [2.05, 4.69) is 17.1 Å². The molecule has 0 spiro atoms. The van der Waals surface area contributed by atoms with E-state index >= 15 is 0 Å². The van der Waals surface area contributed by atoms with Crippen molar-refractivity contribution in [3.05, 3.63) is 0 Å². The average Bonchev–Trinajstić information content (AvgIpc) is 2.59. The maximum Gasteiger partial charge on any atom is 0.234 e. The summed E-state index contributed by atoms with van der Waals surface area (Å²) in [4.78, 5) is 13.8. The highest BCUT2D eigenvalue weighted by molar-refractivity contribution is 5.78. The van der Waals surface area contributed by atoms with Crippen molar-refractivity contribution in [1.29, 1.82) is 0 Å². The number of likely N-dealkylation sites (N-methyl/N-ethyl adjacent to an activating group) is 1. The summed E-state index contributed by atoms with van der Waals surface area (Å²) in [6, 6.07) is 0. The van der Waals surface area contributed by atoms with Gasteiger partial charge in [-0.1, -0.05) is 0 Å². The third kappa shape index (κ3) is 3.46. The highest BCUT2D eigenvalue weighted by atomic mass is 16.3. The van der Waals surface area contributed by atoms with Crippen LogP contribution in [0.2, 0.25) is 0 Å². The number of amides is 1. The number of nitrogens with one attached hydrogen (secondary N) is 1. The Morgan fingerprint density at radius 3 is 2.94 bits per heavy atom. The van der Waals surface area contributed by atoms with Crippen LogP contribution in [0.5, 0.6) is 0 Å². The Balaban J connectivity index is 2.47. The quantitative estimate of drug-likeness (QED) is 0.705. The number of carbonyl (C=O) groups is 1. The first-order chi connectivity index (χ1) is 7.62. The van der Waals surface area contributed by atoms with Crippen LogP contribution in [0.3, 0.4) is 0 Å². The van der Waals surface area contributed by atoms with Gasteiger partial charge >= 0.3 is 0 Å². The molecule has 0 radical (unpaired) electrons. The molecule has 1 saturated heterocycles. The maximum atomic E-state index is 11.6. The highest BCUT2D eigenvalue weighted by Crippen LogP contribution is 2.32. The van der Waals surface area contributed by atoms with Crippen LogP contribution in [0.1, 0.15) is 39.5 Å². The minimum Gasteiger partial charge on any atom is -0.396 e. The SMILES string of the molecule is CCNC(=O)CN1CCCC1(C)CCCO. The molecule has 0 bridgehead atoms. The van der Waals surface area contributed by atoms with Gasteiger partial charge in [-0.3, -0.25) is 9.69 Å². The fourth-order valence-corrected chi connectivity index (χ4v) is 2.52. The van der Waals surface area contributed by atoms with Gasteiger partial charge in [0.05, 0.1) is 6.54 Å². The van der Waals surface area contributed by atoms with Crippen molar-refractivity contribution in [2.24, 2.45) is 0 Å². The number of hydrogen-bond acceptors (Lipinski definition) is 3. The van der Waals surface area contributed by atoms with Gasteiger partial charge in [0.2, 0.25) is 5.91 Å². The number of carbonyl (C=O) groups excluding carboxylic acids is 1. The van der Waals surface area contributed by atoms with Crippen molar-refractivity contribution < 1.29 is 9.90 Å². The first-order valence-corrected chi connectivity index (χ1v) is 6.25. The van der Waals surface area contributed by atoms with E-state index in [1.807, 2.05) is 6.92 Å². The third-order valence-corrected chi connectivity index (χ3v) is 3.49. The van der Waals surface area contributed by atoms with E-state index in [1.165, 1.54) is 0 Å². The zero-order valence-electron chi connectivity index (χ0n) is 10.5. The van der Waals surface area contributed by atoms with Crippen molar-refractivity contribution in [2.45, 2.75) is 45.1 Å². The van der Waals surface area contributed by atoms with Crippen LogP contribution < -0.4 is 5.32 Å². The standard InChI is InChI=1S/C12H24N2O2/c1-3-13-11(16)10-14-8-4-6-12(14,2)7-5-9-15/h15H,3-10H2,1-2H3,(H,13,16). The fraction of sp³-hybridized carbons (Fsp3) is 0.917. The molecule has 1 unspecified atom stereocenters. The van der Waals surface area contributed by atoms with Crippen LogP contribution in [-0.2, 0) is 4.79 Å². The van der Waals surface area contributed by atoms with Crippen LogP contribution in [-0.4, -0.2) is 47.7 Å². The average molecular weight is 228 g/mol. The second-order valence-electron chi connectivity index (χ2n) is 4.80. The Morgan fingerprint density at radius 1 is 1.56 bits per heavy atom. The van der Waals surface area contributed by atoms with Gasteiger partial charge in [-0.25, -0.2) is 0 Å². The van der Waals surface area contributed by atoms with Crippen LogP contribution in [0.4, 0.5) is 0 Å². The summed E-state index contributed by atoms with van der Waals surface area (Å²) >= 11 is 0. The Labute approximate surface area is 98.0 Å². The van der Waals surface area contributed by atoms with Crippen molar-refractivity contribution in [3.8, 4) is 0 Å². The van der Waals surface area contributed by atoms with Crippen LogP contribution in [0.15, 0.2) is 0 Å². The predicted molar refractivity (Wildman–Crippen MR) is 64.2 cm³/mol. The topological polar surface area (TPSA) is 52.6 Å². The van der Waals surface area contributed by atoms with Gasteiger partial charge in [0, 0.05) is 18.7 Å². The molecule has 94 valence electrons. The Bertz CT molecular complexity index is 233. The summed E-state index contributed by atoms with van der Waals surface area (Å²) < 4.78 is 0. The molecule has 1 rings (SSSR count). The monoisotopic (exact) mass is 228 g/mol. The molecule has 1 heterocycles. The highest BCUT2D eigenvalue weighted by Gasteiger charge is 2.36. The van der Waals surface area contributed by atoms with E-state index in [0.717, 1.165) is 32.2 Å². The summed E-state index contributed by atoms with van der Waals surface area (Å²) in [5.41, 5.74) is 0.105. The predicted octanol–water partition coefficient (Wildman–Crippen LogP) is 0.749. The van der Waals surface area contributed by atoms with Crippen LogP contribution in [0.25, 0.3) is 0 Å². The zero-order valence-corrected chi connectivity index (χ0v) is 10.5. The molecule has 1 aliphatic rings. The molecule has 0 aromatic carbocycles. The second-order valence-corrected chi connectivity index (χ2v) is 4.80. The summed E-state index contributed by atoms with van der Waals surface area (Å²) in [5.74, 6) is 0.111. The summed E-state index contributed by atoms with van der Waals surface area (Å²) in [6.07, 6.45) is 4.08. The lowest BCUT2D eigenvalue weighted by molar-refractivity contribution is -0.123. The Hall–Kier alpha value is -0.610. The molecule has 1 aliphatic heterocycles. The first-order valence-electron chi connectivity index (χ1n) is 6.25. The Kier molecular flexibility index (Phi) is 5.22. The molecular formula is C12H24N2O2. The molecule has 1 amide bonds. The summed E-state index contributed by atoms with van der Waals surface area (Å²) in [5, 5.41) is 11.7. The normalized spacial score (nSPS) is 25.9. The van der Waals surface area contributed by atoms with Gasteiger partial charge in [-0.2, -0.15) is 0 Å². The number of hydrogen-bond donors (Lipinski definition) is 2. The van der Waals surface area contributed by atoms with Gasteiger partial charge < -0.3 is 10.4 Å². The Morgan fingerprint density at radius 2 is 2.31 bits per heavy atom. The molecule has 2 N–H and O–H groups in total. The number of rotatable bonds is 6. The lowest BCUT2D eigenvalue weighted by Crippen LogP contribution is -2.46. The lowest BCUT2D eigenvalue weighted by Gasteiger charge is -2.34. The van der Waals surface area contributed by atoms with E-state index in [-0.39, 0.29) is 18.1 Å². The van der Waals surface area contributed by atoms with Crippen molar-refractivity contribution in [2.75, 3.05) is 26.2 Å². The smallest absolute Gasteiger partial charge is 0.234 e. The molecule has 0 aromatic rings. The third-order valence-electron chi connectivity index (χ3n) is 3.49. The number of nitrogens with zero attached hydrogens (tertiary/aromatic N) is 1. The summed E-state index contributed by atoms with van der Waals surface area (Å²) in [6.45, 7) is 6.57. The molecule has 0 aromatic heterocycles. The minimum atomic E-state index is 0.105. The molecule has 4 heteroatoms. The van der Waals surface area contributed by atoms with E-state index in [1.54, 1.807) is 0 Å². The number of likely N-dealkylation sites (tertiary alicyclic amines) is 1. The van der Waals surface area contributed by atoms with E-state index < -0.39 is 0 Å². The molecule has 4 nitrogen and oxygen atoms in total. The van der Waals surface area contributed by atoms with E-state index in [9.17, 15) is 4.79 Å². The largest absolute Gasteiger partial charge is 0.396 e. The second kappa shape index (κ2) is 6.21. The fourth-order valence-electron chi connectivity index (χ4n) is 2.52. The minimum absolute atomic E-state index is 0.105. The number of aliphatic hydroxyl groups excluding tert-OH is 1. The molecule has 0 aliphatic carbocycles. The van der Waals surface area contributed by atoms with Crippen molar-refractivity contribution in [1.82, 2.24) is 10.2 Å². The van der Waals surface area contributed by atoms with Crippen LogP contribution >= 0.6 is 0 Å². The zero-order chi connectivity index (χ0) is 12.0. The van der Waals surface area contributed by atoms with Crippen molar-refractivity contribution in [3.63, 3.8) is 0 Å². The molecular weight excluding hydrogens is 204 g/mol. The summed E-state index contributed by atoms with van der Waals surface area (Å²) in [7, 11) is 0. The van der Waals surface area contributed by atoms with Gasteiger partial charge in [0.15, 0.2) is 0 Å². The number of aliphatic hydroxyl groups is 1. The van der Waals surface area contributed by atoms with Crippen molar-refractivity contribution >= 4 is 5.91 Å². The van der Waals surface area contributed by atoms with Gasteiger partial charge in [0.1, 0.15) is 0 Å². The van der Waals surface area contributed by atoms with E-state index in [0.29, 0.717) is 13.1 Å². The molecule has 1 fully saturated rings. The van der Waals surface area contributed by atoms with Gasteiger partial charge in [0.25, 0.3) is 0 Å². The lowest BCUT2D eigenvalue weighted by atomic mass is 9.93. The molecule has 0 saturated carbocycles. The van der Waals surface area contributed by atoms with Gasteiger partial charge in [-0.05, 0) is 46.1 Å². The molecule has 1 atom stereocenters. The maximum absolute atomic E-state index is 11.6. The van der Waals surface area contributed by atoms with Gasteiger partial charge in [-0.15, -0.1) is 0 Å². The van der Waals surface area contributed by atoms with Crippen LogP contribution in [0, 0.1) is 0 Å². The van der Waals surface area contributed by atoms with E-state index in [4.69, 9.17) is 5.11 Å². The molecule has 16 heavy (non-hydrogen) atoms. The first kappa shape index (κ1) is 13.5.